The van der Waals surface area contributed by atoms with E-state index in [9.17, 15) is 0 Å². The van der Waals surface area contributed by atoms with Gasteiger partial charge in [0.2, 0.25) is 17.8 Å². The zero-order chi connectivity index (χ0) is 15.1. The molecular formula is C14H17N7O. The molecular weight excluding hydrogens is 282 g/mol. The van der Waals surface area contributed by atoms with Crippen molar-refractivity contribution in [3.8, 4) is 5.69 Å². The number of rotatable bonds is 3. The second-order valence-electron chi connectivity index (χ2n) is 5.48. The number of benzene rings is 1. The Morgan fingerprint density at radius 1 is 1.14 bits per heavy atom. The number of hydrogen-bond acceptors (Lipinski definition) is 7. The van der Waals surface area contributed by atoms with Gasteiger partial charge < -0.3 is 15.9 Å². The Bertz CT molecular complexity index is 816. The van der Waals surface area contributed by atoms with Gasteiger partial charge in [-0.3, -0.25) is 4.90 Å². The molecule has 0 spiro atoms. The topological polar surface area (TPSA) is 112 Å². The van der Waals surface area contributed by atoms with Crippen LogP contribution in [-0.4, -0.2) is 37.7 Å². The number of fused-ring (bicyclic) bond motifs is 1. The Balaban J connectivity index is 1.67. The van der Waals surface area contributed by atoms with Gasteiger partial charge in [-0.1, -0.05) is 0 Å². The predicted molar refractivity (Wildman–Crippen MR) is 82.3 cm³/mol. The molecule has 4 rings (SSSR count). The first-order chi connectivity index (χ1) is 10.7. The molecule has 1 aromatic carbocycles. The smallest absolute Gasteiger partial charge is 0.241 e. The number of nitrogen functional groups attached to an aromatic ring is 2. The van der Waals surface area contributed by atoms with E-state index in [1.165, 1.54) is 17.5 Å². The molecule has 0 unspecified atom stereocenters. The highest BCUT2D eigenvalue weighted by atomic mass is 16.3. The average molecular weight is 299 g/mol. The van der Waals surface area contributed by atoms with Crippen LogP contribution in [-0.2, 0) is 6.54 Å². The summed E-state index contributed by atoms with van der Waals surface area (Å²) in [6.45, 7) is 2.97. The van der Waals surface area contributed by atoms with Crippen molar-refractivity contribution in [2.24, 2.45) is 0 Å². The summed E-state index contributed by atoms with van der Waals surface area (Å²) in [5.74, 6) is 1.13. The number of aromatic nitrogens is 4. The molecule has 0 bridgehead atoms. The fourth-order valence-corrected chi connectivity index (χ4v) is 2.83. The van der Waals surface area contributed by atoms with Gasteiger partial charge in [-0.2, -0.15) is 9.67 Å². The van der Waals surface area contributed by atoms with Crippen molar-refractivity contribution < 1.29 is 4.42 Å². The lowest BCUT2D eigenvalue weighted by Crippen LogP contribution is -2.18. The van der Waals surface area contributed by atoms with Crippen molar-refractivity contribution >= 4 is 23.0 Å². The van der Waals surface area contributed by atoms with Crippen LogP contribution < -0.4 is 11.5 Å². The van der Waals surface area contributed by atoms with Crippen LogP contribution in [0.4, 0.5) is 11.9 Å². The average Bonchev–Trinajstić information content (AvgIpc) is 3.18. The standard InChI is InChI=1S/C14H17N7O/c15-13-18-14(16)21(19-13)9-3-4-11-10(7-9)17-12(22-11)8-20-5-1-2-6-20/h3-4,7H,1-2,5-6,8H2,(H4,15,16,18,19). The molecule has 8 heteroatoms. The SMILES string of the molecule is Nc1nc(N)n(-c2ccc3oc(CN4CCCC4)nc3c2)n1. The maximum absolute atomic E-state index is 5.80. The van der Waals surface area contributed by atoms with Gasteiger partial charge in [0.25, 0.3) is 0 Å². The van der Waals surface area contributed by atoms with Gasteiger partial charge in [-0.05, 0) is 44.1 Å². The summed E-state index contributed by atoms with van der Waals surface area (Å²) in [5.41, 5.74) is 13.6. The molecule has 3 aromatic rings. The van der Waals surface area contributed by atoms with Gasteiger partial charge in [0, 0.05) is 0 Å². The highest BCUT2D eigenvalue weighted by molar-refractivity contribution is 5.75. The summed E-state index contributed by atoms with van der Waals surface area (Å²) in [6, 6.07) is 5.59. The number of likely N-dealkylation sites (tertiary alicyclic amines) is 1. The number of nitrogens with two attached hydrogens (primary N) is 2. The molecule has 3 heterocycles. The summed E-state index contributed by atoms with van der Waals surface area (Å²) < 4.78 is 7.29. The third-order valence-corrected chi connectivity index (χ3v) is 3.87. The molecule has 1 fully saturated rings. The van der Waals surface area contributed by atoms with Crippen molar-refractivity contribution in [1.29, 1.82) is 0 Å². The van der Waals surface area contributed by atoms with E-state index in [4.69, 9.17) is 15.9 Å². The lowest BCUT2D eigenvalue weighted by molar-refractivity contribution is 0.295. The maximum Gasteiger partial charge on any atom is 0.241 e. The van der Waals surface area contributed by atoms with Crippen molar-refractivity contribution in [3.63, 3.8) is 0 Å². The van der Waals surface area contributed by atoms with E-state index in [1.54, 1.807) is 0 Å². The van der Waals surface area contributed by atoms with Crippen molar-refractivity contribution in [3.05, 3.63) is 24.1 Å². The predicted octanol–water partition coefficient (Wildman–Crippen LogP) is 1.17. The molecule has 2 aromatic heterocycles. The van der Waals surface area contributed by atoms with Crippen LogP contribution in [0.1, 0.15) is 18.7 Å². The summed E-state index contributed by atoms with van der Waals surface area (Å²) in [4.78, 5) is 10.8. The van der Waals surface area contributed by atoms with E-state index < -0.39 is 0 Å². The molecule has 0 saturated carbocycles. The molecule has 4 N–H and O–H groups in total. The van der Waals surface area contributed by atoms with Crippen molar-refractivity contribution in [1.82, 2.24) is 24.6 Å². The zero-order valence-corrected chi connectivity index (χ0v) is 12.1. The van der Waals surface area contributed by atoms with E-state index in [1.807, 2.05) is 18.2 Å². The second kappa shape index (κ2) is 4.99. The van der Waals surface area contributed by atoms with Crippen LogP contribution >= 0.6 is 0 Å². The zero-order valence-electron chi connectivity index (χ0n) is 12.1. The Morgan fingerprint density at radius 3 is 2.68 bits per heavy atom. The Labute approximate surface area is 126 Å². The third kappa shape index (κ3) is 2.27. The number of hydrogen-bond donors (Lipinski definition) is 2. The van der Waals surface area contributed by atoms with E-state index in [0.29, 0.717) is 0 Å². The summed E-state index contributed by atoms with van der Waals surface area (Å²) in [5, 5.41) is 4.07. The van der Waals surface area contributed by atoms with Crippen LogP contribution in [0, 0.1) is 0 Å². The van der Waals surface area contributed by atoms with Gasteiger partial charge in [0.15, 0.2) is 5.58 Å². The van der Waals surface area contributed by atoms with Crippen LogP contribution in [0.3, 0.4) is 0 Å². The molecule has 1 aliphatic heterocycles. The van der Waals surface area contributed by atoms with Gasteiger partial charge >= 0.3 is 0 Å². The summed E-state index contributed by atoms with van der Waals surface area (Å²) in [7, 11) is 0. The van der Waals surface area contributed by atoms with Gasteiger partial charge in [-0.15, -0.1) is 5.10 Å². The number of oxazole rings is 1. The van der Waals surface area contributed by atoms with E-state index >= 15 is 0 Å². The van der Waals surface area contributed by atoms with Gasteiger partial charge in [-0.25, -0.2) is 4.98 Å². The first-order valence-corrected chi connectivity index (χ1v) is 7.29. The highest BCUT2D eigenvalue weighted by Gasteiger charge is 2.16. The minimum Gasteiger partial charge on any atom is -0.439 e. The molecule has 0 amide bonds. The van der Waals surface area contributed by atoms with Crippen LogP contribution in [0.15, 0.2) is 22.6 Å². The summed E-state index contributed by atoms with van der Waals surface area (Å²) in [6.07, 6.45) is 2.49. The fraction of sp³-hybridized carbons (Fsp3) is 0.357. The van der Waals surface area contributed by atoms with Gasteiger partial charge in [0.05, 0.1) is 12.2 Å². The largest absolute Gasteiger partial charge is 0.439 e. The lowest BCUT2D eigenvalue weighted by atomic mass is 10.3. The number of anilines is 2. The van der Waals surface area contributed by atoms with E-state index in [0.717, 1.165) is 42.3 Å². The highest BCUT2D eigenvalue weighted by Crippen LogP contribution is 2.22. The quantitative estimate of drug-likeness (QED) is 0.746. The first-order valence-electron chi connectivity index (χ1n) is 7.29. The molecule has 0 aliphatic carbocycles. The fourth-order valence-electron chi connectivity index (χ4n) is 2.83. The van der Waals surface area contributed by atoms with E-state index in [2.05, 4.69) is 20.0 Å². The molecule has 22 heavy (non-hydrogen) atoms. The van der Waals surface area contributed by atoms with Crippen molar-refractivity contribution in [2.75, 3.05) is 24.6 Å². The van der Waals surface area contributed by atoms with Crippen molar-refractivity contribution in [2.45, 2.75) is 19.4 Å². The molecule has 8 nitrogen and oxygen atoms in total. The molecule has 1 saturated heterocycles. The lowest BCUT2D eigenvalue weighted by Gasteiger charge is -2.10. The Morgan fingerprint density at radius 2 is 1.95 bits per heavy atom. The minimum atomic E-state index is 0.146. The monoisotopic (exact) mass is 299 g/mol. The van der Waals surface area contributed by atoms with Crippen LogP contribution in [0.2, 0.25) is 0 Å². The van der Waals surface area contributed by atoms with Gasteiger partial charge in [0.1, 0.15) is 5.52 Å². The molecule has 0 radical (unpaired) electrons. The second-order valence-corrected chi connectivity index (χ2v) is 5.48. The minimum absolute atomic E-state index is 0.146. The van der Waals surface area contributed by atoms with E-state index in [-0.39, 0.29) is 11.9 Å². The third-order valence-electron chi connectivity index (χ3n) is 3.87. The maximum atomic E-state index is 5.80. The Hall–Kier alpha value is -2.61. The number of nitrogens with zero attached hydrogens (tertiary/aromatic N) is 5. The first kappa shape index (κ1) is 13.1. The molecule has 1 aliphatic rings. The Kier molecular flexibility index (Phi) is 2.97. The normalized spacial score (nSPS) is 15.8. The van der Waals surface area contributed by atoms with Crippen LogP contribution in [0.5, 0.6) is 0 Å². The molecule has 0 atom stereocenters. The molecule has 114 valence electrons. The van der Waals surface area contributed by atoms with Crippen LogP contribution in [0.25, 0.3) is 16.8 Å². The summed E-state index contributed by atoms with van der Waals surface area (Å²) >= 11 is 0.